The van der Waals surface area contributed by atoms with Crippen molar-refractivity contribution in [1.29, 1.82) is 0 Å². The Bertz CT molecular complexity index is 1330. The van der Waals surface area contributed by atoms with Gasteiger partial charge in [0.25, 0.3) is 5.91 Å². The monoisotopic (exact) mass is 502 g/mol. The smallest absolute Gasteiger partial charge is 0.254 e. The highest BCUT2D eigenvalue weighted by Gasteiger charge is 2.42. The number of benzene rings is 2. The average molecular weight is 503 g/mol. The number of hydrogen-bond donors (Lipinski definition) is 2. The number of rotatable bonds is 6. The molecule has 35 heavy (non-hydrogen) atoms. The zero-order valence-corrected chi connectivity index (χ0v) is 20.5. The number of carbonyl (C=O) groups is 1. The highest BCUT2D eigenvalue weighted by Crippen LogP contribution is 2.33. The summed E-state index contributed by atoms with van der Waals surface area (Å²) in [6.07, 6.45) is 2.73. The molecule has 10 heteroatoms. The number of carbonyl (C=O) groups excluding carboxylic acids is 1. The Kier molecular flexibility index (Phi) is 7.05. The molecule has 186 valence electrons. The lowest BCUT2D eigenvalue weighted by Gasteiger charge is -2.35. The second kappa shape index (κ2) is 9.87. The summed E-state index contributed by atoms with van der Waals surface area (Å²) in [6.45, 7) is 3.55. The van der Waals surface area contributed by atoms with Crippen molar-refractivity contribution in [3.8, 4) is 0 Å². The summed E-state index contributed by atoms with van der Waals surface area (Å²) in [5.74, 6) is -1.89. The third-order valence-corrected chi connectivity index (χ3v) is 9.19. The molecule has 2 N–H and O–H groups in total. The molecule has 0 aliphatic carbocycles. The molecule has 1 aliphatic rings. The maximum Gasteiger partial charge on any atom is 0.254 e. The van der Waals surface area contributed by atoms with Gasteiger partial charge in [0.1, 0.15) is 11.6 Å². The predicted molar refractivity (Wildman–Crippen MR) is 129 cm³/mol. The molecule has 2 aromatic carbocycles. The summed E-state index contributed by atoms with van der Waals surface area (Å²) < 4.78 is 58.5. The van der Waals surface area contributed by atoms with E-state index in [-0.39, 0.29) is 24.1 Å². The third-order valence-electron chi connectivity index (χ3n) is 6.54. The Morgan fingerprint density at radius 2 is 1.94 bits per heavy atom. The van der Waals surface area contributed by atoms with Gasteiger partial charge in [-0.3, -0.25) is 9.48 Å². The van der Waals surface area contributed by atoms with Crippen molar-refractivity contribution in [3.05, 3.63) is 88.7 Å². The Labute approximate surface area is 203 Å². The molecule has 1 aromatic heterocycles. The lowest BCUT2D eigenvalue weighted by atomic mass is 9.99. The Morgan fingerprint density at radius 1 is 1.23 bits per heavy atom. The normalized spacial score (nSPS) is 22.5. The second-order valence-electron chi connectivity index (χ2n) is 8.99. The van der Waals surface area contributed by atoms with Crippen LogP contribution in [0.25, 0.3) is 0 Å². The van der Waals surface area contributed by atoms with Crippen molar-refractivity contribution < 1.29 is 22.0 Å². The average Bonchev–Trinajstić information content (AvgIpc) is 3.25. The fraction of sp³-hybridized carbons (Fsp3) is 0.360. The molecule has 2 unspecified atom stereocenters. The molecule has 0 spiro atoms. The number of amides is 1. The summed E-state index contributed by atoms with van der Waals surface area (Å²) >= 11 is 0. The molecule has 0 saturated carbocycles. The minimum Gasteiger partial charge on any atom is -0.345 e. The standard InChI is InChI=1S/C25H28F2N4O3S/c1-15(30-25(32)19-12-29-31(3)14-19)20-11-21(26)18(9-22(20)27)10-23-16(2)28-13-24(35(23,33)34)17-7-5-4-6-8-17/h4-9,11-12,14-16,23-24,28H,10,13H2,1-3H3,(H,30,32)/t15?,16-,23?,24-/m0/s1. The van der Waals surface area contributed by atoms with E-state index in [1.807, 2.05) is 6.07 Å². The van der Waals surface area contributed by atoms with E-state index in [2.05, 4.69) is 15.7 Å². The SMILES string of the molecule is CC(NC(=O)c1cnn(C)c1)c1cc(F)c(CC2[C@H](C)NC[C@@H](c3ccccc3)S2(=O)=O)cc1F. The van der Waals surface area contributed by atoms with Crippen molar-refractivity contribution in [2.45, 2.75) is 42.9 Å². The van der Waals surface area contributed by atoms with Crippen LogP contribution < -0.4 is 10.6 Å². The predicted octanol–water partition coefficient (Wildman–Crippen LogP) is 3.25. The van der Waals surface area contributed by atoms with Crippen molar-refractivity contribution in [3.63, 3.8) is 0 Å². The van der Waals surface area contributed by atoms with Gasteiger partial charge in [-0.1, -0.05) is 30.3 Å². The van der Waals surface area contributed by atoms with Gasteiger partial charge in [-0.15, -0.1) is 0 Å². The molecule has 1 saturated heterocycles. The molecule has 0 bridgehead atoms. The number of sulfone groups is 1. The molecule has 1 fully saturated rings. The first-order valence-electron chi connectivity index (χ1n) is 11.4. The maximum atomic E-state index is 15.1. The molecule has 1 aliphatic heterocycles. The van der Waals surface area contributed by atoms with Gasteiger partial charge in [0.15, 0.2) is 9.84 Å². The van der Waals surface area contributed by atoms with E-state index in [1.165, 1.54) is 17.1 Å². The van der Waals surface area contributed by atoms with E-state index < -0.39 is 50.0 Å². The summed E-state index contributed by atoms with van der Waals surface area (Å²) in [7, 11) is -2.02. The quantitative estimate of drug-likeness (QED) is 0.540. The van der Waals surface area contributed by atoms with Crippen LogP contribution in [-0.4, -0.2) is 41.9 Å². The molecule has 4 atom stereocenters. The molecule has 1 amide bonds. The number of aryl methyl sites for hydroxylation is 1. The first-order chi connectivity index (χ1) is 16.6. The van der Waals surface area contributed by atoms with E-state index >= 15 is 8.78 Å². The van der Waals surface area contributed by atoms with Crippen LogP contribution in [0.15, 0.2) is 54.9 Å². The van der Waals surface area contributed by atoms with Gasteiger partial charge < -0.3 is 10.6 Å². The van der Waals surface area contributed by atoms with Gasteiger partial charge >= 0.3 is 0 Å². The zero-order chi connectivity index (χ0) is 25.3. The van der Waals surface area contributed by atoms with Crippen LogP contribution in [0.5, 0.6) is 0 Å². The second-order valence-corrected chi connectivity index (χ2v) is 11.3. The van der Waals surface area contributed by atoms with Crippen molar-refractivity contribution >= 4 is 15.7 Å². The number of aromatic nitrogens is 2. The lowest BCUT2D eigenvalue weighted by molar-refractivity contribution is 0.0939. The van der Waals surface area contributed by atoms with E-state index in [1.54, 1.807) is 45.2 Å². The highest BCUT2D eigenvalue weighted by molar-refractivity contribution is 7.92. The first kappa shape index (κ1) is 25.0. The molecular weight excluding hydrogens is 474 g/mol. The summed E-state index contributed by atoms with van der Waals surface area (Å²) in [6, 6.07) is 9.70. The molecule has 3 aromatic rings. The van der Waals surface area contributed by atoms with Gasteiger partial charge in [0.05, 0.1) is 28.3 Å². The van der Waals surface area contributed by atoms with Gasteiger partial charge in [-0.05, 0) is 43.5 Å². The number of nitrogens with zero attached hydrogens (tertiary/aromatic N) is 2. The van der Waals surface area contributed by atoms with Crippen molar-refractivity contribution in [1.82, 2.24) is 20.4 Å². The number of hydrogen-bond acceptors (Lipinski definition) is 5. The number of halogens is 2. The van der Waals surface area contributed by atoms with E-state index in [0.717, 1.165) is 12.1 Å². The summed E-state index contributed by atoms with van der Waals surface area (Å²) in [4.78, 5) is 12.4. The van der Waals surface area contributed by atoms with E-state index in [4.69, 9.17) is 0 Å². The molecular formula is C25H28F2N4O3S. The van der Waals surface area contributed by atoms with Crippen LogP contribution in [0.4, 0.5) is 8.78 Å². The topological polar surface area (TPSA) is 93.1 Å². The lowest BCUT2D eigenvalue weighted by Crippen LogP contribution is -2.53. The Balaban J connectivity index is 1.55. The van der Waals surface area contributed by atoms with Crippen molar-refractivity contribution in [2.75, 3.05) is 6.54 Å². The van der Waals surface area contributed by atoms with Crippen LogP contribution in [0.2, 0.25) is 0 Å². The van der Waals surface area contributed by atoms with Gasteiger partial charge in [-0.2, -0.15) is 5.10 Å². The fourth-order valence-electron chi connectivity index (χ4n) is 4.51. The first-order valence-corrected chi connectivity index (χ1v) is 13.0. The largest absolute Gasteiger partial charge is 0.345 e. The van der Waals surface area contributed by atoms with Gasteiger partial charge in [0, 0.05) is 31.4 Å². The Morgan fingerprint density at radius 3 is 2.60 bits per heavy atom. The van der Waals surface area contributed by atoms with Crippen LogP contribution in [0.3, 0.4) is 0 Å². The fourth-order valence-corrected chi connectivity index (χ4v) is 6.87. The minimum atomic E-state index is -3.68. The van der Waals surface area contributed by atoms with Crippen LogP contribution in [0, 0.1) is 11.6 Å². The summed E-state index contributed by atoms with van der Waals surface area (Å²) in [5.41, 5.74) is 0.919. The highest BCUT2D eigenvalue weighted by atomic mass is 32.2. The molecule has 0 radical (unpaired) electrons. The van der Waals surface area contributed by atoms with Gasteiger partial charge in [-0.25, -0.2) is 17.2 Å². The van der Waals surface area contributed by atoms with Gasteiger partial charge in [0.2, 0.25) is 0 Å². The number of nitrogens with one attached hydrogen (secondary N) is 2. The summed E-state index contributed by atoms with van der Waals surface area (Å²) in [5, 5.41) is 8.08. The minimum absolute atomic E-state index is 0.0204. The van der Waals surface area contributed by atoms with Crippen LogP contribution >= 0.6 is 0 Å². The third kappa shape index (κ3) is 5.13. The zero-order valence-electron chi connectivity index (χ0n) is 19.7. The Hall–Kier alpha value is -3.11. The molecule has 2 heterocycles. The van der Waals surface area contributed by atoms with Crippen LogP contribution in [-0.2, 0) is 23.3 Å². The molecule has 4 rings (SSSR count). The molecule has 7 nitrogen and oxygen atoms in total. The van der Waals surface area contributed by atoms with E-state index in [0.29, 0.717) is 11.1 Å². The van der Waals surface area contributed by atoms with Crippen molar-refractivity contribution in [2.24, 2.45) is 7.05 Å². The van der Waals surface area contributed by atoms with E-state index in [9.17, 15) is 13.2 Å². The maximum absolute atomic E-state index is 15.1. The van der Waals surface area contributed by atoms with Crippen LogP contribution in [0.1, 0.15) is 52.2 Å².